The van der Waals surface area contributed by atoms with Gasteiger partial charge in [0.05, 0.1) is 0 Å². The molecular weight excluding hydrogens is 312 g/mol. The fourth-order valence-corrected chi connectivity index (χ4v) is 3.53. The number of piperazine rings is 1. The lowest BCUT2D eigenvalue weighted by atomic mass is 9.97. The number of benzene rings is 2. The number of anilines is 1. The zero-order chi connectivity index (χ0) is 17.8. The summed E-state index contributed by atoms with van der Waals surface area (Å²) in [4.78, 5) is 16.3. The van der Waals surface area contributed by atoms with Crippen molar-refractivity contribution in [3.05, 3.63) is 65.2 Å². The normalized spacial score (nSPS) is 16.6. The Labute approximate surface area is 149 Å². The van der Waals surface area contributed by atoms with E-state index in [1.807, 2.05) is 18.2 Å². The lowest BCUT2D eigenvalue weighted by Gasteiger charge is -2.39. The van der Waals surface area contributed by atoms with Crippen LogP contribution in [0.2, 0.25) is 0 Å². The zero-order valence-corrected chi connectivity index (χ0v) is 15.0. The fourth-order valence-electron chi connectivity index (χ4n) is 3.53. The van der Waals surface area contributed by atoms with Crippen LogP contribution in [-0.2, 0) is 11.2 Å². The molecule has 4 heteroatoms. The standard InChI is InChI=1S/C21H26N2O2/c1-16-8-9-17(2)18(14-16)15-20(21(24)25)23-12-10-22(11-13-23)19-6-4-3-5-7-19/h3-9,14,20H,10-13,15H2,1-2H3,(H,24,25). The van der Waals surface area contributed by atoms with Crippen LogP contribution >= 0.6 is 0 Å². The molecule has 132 valence electrons. The molecule has 1 aliphatic rings. The number of nitrogens with zero attached hydrogens (tertiary/aromatic N) is 2. The van der Waals surface area contributed by atoms with Gasteiger partial charge in [0.2, 0.25) is 0 Å². The second-order valence-electron chi connectivity index (χ2n) is 6.85. The van der Waals surface area contributed by atoms with E-state index in [0.717, 1.165) is 31.7 Å². The van der Waals surface area contributed by atoms with E-state index in [4.69, 9.17) is 0 Å². The number of rotatable bonds is 5. The van der Waals surface area contributed by atoms with Gasteiger partial charge in [0.25, 0.3) is 0 Å². The van der Waals surface area contributed by atoms with Gasteiger partial charge in [0, 0.05) is 31.9 Å². The van der Waals surface area contributed by atoms with Crippen molar-refractivity contribution in [2.24, 2.45) is 0 Å². The summed E-state index contributed by atoms with van der Waals surface area (Å²) < 4.78 is 0. The number of aliphatic carboxylic acids is 1. The highest BCUT2D eigenvalue weighted by Crippen LogP contribution is 2.20. The Hall–Kier alpha value is -2.33. The molecule has 4 nitrogen and oxygen atoms in total. The smallest absolute Gasteiger partial charge is 0.321 e. The molecule has 1 unspecified atom stereocenters. The van der Waals surface area contributed by atoms with Crippen molar-refractivity contribution in [2.45, 2.75) is 26.3 Å². The van der Waals surface area contributed by atoms with Crippen molar-refractivity contribution >= 4 is 11.7 Å². The van der Waals surface area contributed by atoms with Crippen molar-refractivity contribution in [2.75, 3.05) is 31.1 Å². The summed E-state index contributed by atoms with van der Waals surface area (Å²) in [5, 5.41) is 9.77. The van der Waals surface area contributed by atoms with Crippen LogP contribution in [0.15, 0.2) is 48.5 Å². The van der Waals surface area contributed by atoms with Crippen molar-refractivity contribution < 1.29 is 9.90 Å². The van der Waals surface area contributed by atoms with Crippen LogP contribution in [0.1, 0.15) is 16.7 Å². The van der Waals surface area contributed by atoms with Gasteiger partial charge in [0.1, 0.15) is 6.04 Å². The summed E-state index contributed by atoms with van der Waals surface area (Å²) in [5.74, 6) is -0.728. The largest absolute Gasteiger partial charge is 0.480 e. The highest BCUT2D eigenvalue weighted by molar-refractivity contribution is 5.74. The van der Waals surface area contributed by atoms with Crippen LogP contribution in [0.5, 0.6) is 0 Å². The molecule has 0 spiro atoms. The van der Waals surface area contributed by atoms with Crippen LogP contribution in [0.4, 0.5) is 5.69 Å². The molecule has 2 aromatic rings. The predicted molar refractivity (Wildman–Crippen MR) is 101 cm³/mol. The topological polar surface area (TPSA) is 43.8 Å². The summed E-state index contributed by atoms with van der Waals surface area (Å²) in [6.07, 6.45) is 0.564. The van der Waals surface area contributed by atoms with E-state index >= 15 is 0 Å². The lowest BCUT2D eigenvalue weighted by Crippen LogP contribution is -2.53. The molecule has 0 amide bonds. The van der Waals surface area contributed by atoms with Gasteiger partial charge in [-0.25, -0.2) is 0 Å². The summed E-state index contributed by atoms with van der Waals surface area (Å²) in [7, 11) is 0. The van der Waals surface area contributed by atoms with Gasteiger partial charge in [-0.05, 0) is 43.5 Å². The average molecular weight is 338 g/mol. The van der Waals surface area contributed by atoms with Gasteiger partial charge < -0.3 is 10.0 Å². The summed E-state index contributed by atoms with van der Waals surface area (Å²) in [5.41, 5.74) is 4.69. The number of carboxylic acids is 1. The minimum Gasteiger partial charge on any atom is -0.480 e. The number of aryl methyl sites for hydroxylation is 2. The predicted octanol–water partition coefficient (Wildman–Crippen LogP) is 3.12. The van der Waals surface area contributed by atoms with Gasteiger partial charge in [-0.2, -0.15) is 0 Å². The van der Waals surface area contributed by atoms with Crippen LogP contribution in [0.25, 0.3) is 0 Å². The van der Waals surface area contributed by atoms with Crippen LogP contribution < -0.4 is 4.90 Å². The highest BCUT2D eigenvalue weighted by Gasteiger charge is 2.29. The maximum absolute atomic E-state index is 11.9. The third-order valence-electron chi connectivity index (χ3n) is 5.08. The zero-order valence-electron chi connectivity index (χ0n) is 15.0. The molecular formula is C21H26N2O2. The van der Waals surface area contributed by atoms with Crippen LogP contribution in [0, 0.1) is 13.8 Å². The van der Waals surface area contributed by atoms with Gasteiger partial charge in [-0.3, -0.25) is 9.69 Å². The summed E-state index contributed by atoms with van der Waals surface area (Å²) >= 11 is 0. The molecule has 0 bridgehead atoms. The minimum absolute atomic E-state index is 0.460. The van der Waals surface area contributed by atoms with E-state index in [1.54, 1.807) is 0 Å². The molecule has 1 aliphatic heterocycles. The maximum atomic E-state index is 11.9. The van der Waals surface area contributed by atoms with Crippen LogP contribution in [0.3, 0.4) is 0 Å². The van der Waals surface area contributed by atoms with E-state index in [-0.39, 0.29) is 0 Å². The SMILES string of the molecule is Cc1ccc(C)c(CC(C(=O)O)N2CCN(c3ccccc3)CC2)c1. The molecule has 0 saturated carbocycles. The molecule has 0 radical (unpaired) electrons. The van der Waals surface area contributed by atoms with Crippen molar-refractivity contribution in [1.29, 1.82) is 0 Å². The molecule has 3 rings (SSSR count). The second-order valence-corrected chi connectivity index (χ2v) is 6.85. The Morgan fingerprint density at radius 1 is 1.04 bits per heavy atom. The molecule has 2 aromatic carbocycles. The first kappa shape index (κ1) is 17.5. The third kappa shape index (κ3) is 4.20. The molecule has 1 heterocycles. The second kappa shape index (κ2) is 7.70. The van der Waals surface area contributed by atoms with Gasteiger partial charge in [-0.1, -0.05) is 42.0 Å². The molecule has 0 aromatic heterocycles. The number of para-hydroxylation sites is 1. The monoisotopic (exact) mass is 338 g/mol. The summed E-state index contributed by atoms with van der Waals surface area (Å²) in [6, 6.07) is 16.1. The lowest BCUT2D eigenvalue weighted by molar-refractivity contribution is -0.143. The van der Waals surface area contributed by atoms with Crippen molar-refractivity contribution in [3.8, 4) is 0 Å². The maximum Gasteiger partial charge on any atom is 0.321 e. The number of hydrogen-bond donors (Lipinski definition) is 1. The van der Waals surface area contributed by atoms with Crippen molar-refractivity contribution in [1.82, 2.24) is 4.90 Å². The first-order chi connectivity index (χ1) is 12.0. The van der Waals surface area contributed by atoms with Crippen molar-refractivity contribution in [3.63, 3.8) is 0 Å². The molecule has 1 fully saturated rings. The van der Waals surface area contributed by atoms with Gasteiger partial charge in [-0.15, -0.1) is 0 Å². The van der Waals surface area contributed by atoms with Gasteiger partial charge >= 0.3 is 5.97 Å². The third-order valence-corrected chi connectivity index (χ3v) is 5.08. The first-order valence-electron chi connectivity index (χ1n) is 8.87. The fraction of sp³-hybridized carbons (Fsp3) is 0.381. The molecule has 1 saturated heterocycles. The summed E-state index contributed by atoms with van der Waals surface area (Å²) in [6.45, 7) is 7.38. The Balaban J connectivity index is 1.68. The number of carboxylic acid groups (broad SMARTS) is 1. The number of hydrogen-bond acceptors (Lipinski definition) is 3. The van der Waals surface area contributed by atoms with E-state index in [0.29, 0.717) is 6.42 Å². The van der Waals surface area contributed by atoms with Crippen LogP contribution in [-0.4, -0.2) is 48.2 Å². The molecule has 1 N–H and O–H groups in total. The molecule has 25 heavy (non-hydrogen) atoms. The Kier molecular flexibility index (Phi) is 5.39. The Bertz CT molecular complexity index is 722. The highest BCUT2D eigenvalue weighted by atomic mass is 16.4. The van der Waals surface area contributed by atoms with E-state index in [2.05, 4.69) is 54.0 Å². The number of carbonyl (C=O) groups is 1. The first-order valence-corrected chi connectivity index (χ1v) is 8.87. The van der Waals surface area contributed by atoms with E-state index in [9.17, 15) is 9.90 Å². The molecule has 1 atom stereocenters. The quantitative estimate of drug-likeness (QED) is 0.910. The van der Waals surface area contributed by atoms with Gasteiger partial charge in [0.15, 0.2) is 0 Å². The molecule has 0 aliphatic carbocycles. The average Bonchev–Trinajstić information content (AvgIpc) is 2.63. The Morgan fingerprint density at radius 2 is 1.72 bits per heavy atom. The minimum atomic E-state index is -0.728. The van der Waals surface area contributed by atoms with E-state index < -0.39 is 12.0 Å². The van der Waals surface area contributed by atoms with E-state index in [1.165, 1.54) is 16.8 Å². The Morgan fingerprint density at radius 3 is 2.36 bits per heavy atom.